The molecule has 0 aromatic heterocycles. The Morgan fingerprint density at radius 3 is 1.07 bits per heavy atom. The molecule has 0 spiro atoms. The van der Waals surface area contributed by atoms with Crippen molar-refractivity contribution in [3.63, 3.8) is 0 Å². The number of carbonyl (C=O) groups is 9. The van der Waals surface area contributed by atoms with Gasteiger partial charge < -0.3 is 66.3 Å². The van der Waals surface area contributed by atoms with Crippen molar-refractivity contribution < 1.29 is 109 Å². The molecular formula is C75H128O23. The van der Waals surface area contributed by atoms with Crippen LogP contribution in [0.15, 0.2) is 0 Å². The third-order valence-electron chi connectivity index (χ3n) is 21.4. The smallest absolute Gasteiger partial charge is 0.344 e. The first-order valence-corrected chi connectivity index (χ1v) is 36.6. The van der Waals surface area contributed by atoms with Gasteiger partial charge in [0.15, 0.2) is 26.4 Å². The van der Waals surface area contributed by atoms with E-state index in [0.29, 0.717) is 123 Å². The Kier molecular flexibility index (Phi) is 36.2. The molecule has 7 rings (SSSR count). The van der Waals surface area contributed by atoms with Crippen molar-refractivity contribution in [3.05, 3.63) is 0 Å². The summed E-state index contributed by atoms with van der Waals surface area (Å²) >= 11 is 0. The summed E-state index contributed by atoms with van der Waals surface area (Å²) < 4.78 is 74.9. The van der Waals surface area contributed by atoms with Crippen molar-refractivity contribution >= 4 is 53.7 Å². The van der Waals surface area contributed by atoms with Crippen LogP contribution in [0.25, 0.3) is 0 Å². The zero-order valence-electron chi connectivity index (χ0n) is 63.4. The molecule has 6 atom stereocenters. The topological polar surface area (TPSA) is 283 Å². The minimum absolute atomic E-state index is 0.00562. The maximum absolute atomic E-state index is 12.2. The van der Waals surface area contributed by atoms with E-state index in [1.54, 1.807) is 41.5 Å². The first kappa shape index (κ1) is 87.2. The van der Waals surface area contributed by atoms with E-state index in [1.807, 2.05) is 83.1 Å². The van der Waals surface area contributed by atoms with Crippen LogP contribution in [0.1, 0.15) is 259 Å². The molecule has 6 unspecified atom stereocenters. The molecule has 566 valence electrons. The Morgan fingerprint density at radius 2 is 0.745 bits per heavy atom. The van der Waals surface area contributed by atoms with Crippen molar-refractivity contribution in [2.75, 3.05) is 92.5 Å². The standard InChI is InChI=1S/C18H30O5.C15H26O5.C15H26O3.C14H24O5.C13H22O5/c1-4-17(2,3)16(20)22-12-15(19)23-18(10-11-21-13-18)14-8-6-5-7-9-14;1-6-14(4,5)13(17)19-9-12(16)20-15(11(2)3)7-8-18-10-15;1-3-12(2)14(16)18-15(9-10-17-11-15)13-7-5-4-6-8-13;1-5-13(3,4)12(16)18-9-11(15)19-14(6-2)7-8-17-10-14;1-5-12(2,3)11(15)17-8-10(14)18-13(4)6-7-16-9-13/h14H,4-13H2,1-3H3;11H,6-10H2,1-5H3;12-13H,3-11H2,1-2H3;5-10H2,1-4H3;5-9H2,1-4H3. The second-order valence-corrected chi connectivity index (χ2v) is 30.9. The fourth-order valence-corrected chi connectivity index (χ4v) is 11.7. The Bertz CT molecular complexity index is 2470. The van der Waals surface area contributed by atoms with Crippen molar-refractivity contribution in [1.82, 2.24) is 0 Å². The van der Waals surface area contributed by atoms with Crippen LogP contribution in [-0.4, -0.2) is 174 Å². The Balaban J connectivity index is 0.000000320. The normalized spacial score (nSPS) is 25.4. The first-order valence-electron chi connectivity index (χ1n) is 36.6. The van der Waals surface area contributed by atoms with Crippen LogP contribution in [0.2, 0.25) is 0 Å². The first-order chi connectivity index (χ1) is 45.9. The molecular weight excluding hydrogens is 1270 g/mol. The highest BCUT2D eigenvalue weighted by Crippen LogP contribution is 2.43. The largest absolute Gasteiger partial charge is 0.456 e. The molecule has 0 N–H and O–H groups in total. The van der Waals surface area contributed by atoms with E-state index < -0.39 is 67.9 Å². The summed E-state index contributed by atoms with van der Waals surface area (Å²) in [4.78, 5) is 107. The number of hydrogen-bond acceptors (Lipinski definition) is 23. The van der Waals surface area contributed by atoms with Crippen LogP contribution < -0.4 is 0 Å². The van der Waals surface area contributed by atoms with Crippen molar-refractivity contribution in [2.45, 2.75) is 287 Å². The van der Waals surface area contributed by atoms with E-state index in [4.69, 9.17) is 66.3 Å². The van der Waals surface area contributed by atoms with Crippen LogP contribution >= 0.6 is 0 Å². The van der Waals surface area contributed by atoms with Gasteiger partial charge in [-0.05, 0) is 132 Å². The average molecular weight is 1400 g/mol. The van der Waals surface area contributed by atoms with E-state index in [2.05, 4.69) is 0 Å². The zero-order valence-corrected chi connectivity index (χ0v) is 63.4. The molecule has 23 nitrogen and oxygen atoms in total. The lowest BCUT2D eigenvalue weighted by atomic mass is 9.76. The van der Waals surface area contributed by atoms with Crippen LogP contribution in [0.4, 0.5) is 0 Å². The summed E-state index contributed by atoms with van der Waals surface area (Å²) in [6.45, 7) is 37.9. The van der Waals surface area contributed by atoms with Gasteiger partial charge in [0.1, 0.15) is 28.0 Å². The third kappa shape index (κ3) is 27.4. The minimum Gasteiger partial charge on any atom is -0.456 e. The maximum Gasteiger partial charge on any atom is 0.344 e. The third-order valence-corrected chi connectivity index (χ3v) is 21.4. The van der Waals surface area contributed by atoms with Gasteiger partial charge in [0.2, 0.25) is 0 Å². The van der Waals surface area contributed by atoms with E-state index >= 15 is 0 Å². The van der Waals surface area contributed by atoms with Gasteiger partial charge in [-0.3, -0.25) is 24.0 Å². The van der Waals surface area contributed by atoms with Gasteiger partial charge in [-0.15, -0.1) is 0 Å². The van der Waals surface area contributed by atoms with Crippen molar-refractivity contribution in [1.29, 1.82) is 0 Å². The minimum atomic E-state index is -0.580. The number of hydrogen-bond donors (Lipinski definition) is 0. The SMILES string of the molecule is CCC(C)(C)C(=O)OCC(=O)OC1(C(C)C)CCOC1.CCC(C)(C)C(=O)OCC(=O)OC1(C)CCOC1.CCC(C)(C)C(=O)OCC(=O)OC1(C2CCCCC2)CCOC1.CCC(C)C(=O)OC1(C2CCCCC2)CCOC1.CCC1(OC(=O)COC(=O)C(C)(C)CC)CCOC1. The predicted molar refractivity (Wildman–Crippen MR) is 365 cm³/mol. The molecule has 0 aromatic carbocycles. The predicted octanol–water partition coefficient (Wildman–Crippen LogP) is 12.7. The molecule has 5 heterocycles. The summed E-state index contributed by atoms with van der Waals surface area (Å²) in [7, 11) is 0. The molecule has 5 saturated heterocycles. The molecule has 5 aliphatic heterocycles. The molecule has 0 aromatic rings. The van der Waals surface area contributed by atoms with E-state index in [9.17, 15) is 43.2 Å². The Hall–Kier alpha value is -4.97. The van der Waals surface area contributed by atoms with E-state index in [-0.39, 0.29) is 73.7 Å². The highest BCUT2D eigenvalue weighted by atomic mass is 16.6. The molecule has 7 aliphatic rings. The molecule has 0 bridgehead atoms. The second kappa shape index (κ2) is 40.6. The fraction of sp³-hybridized carbons (Fsp3) is 0.880. The van der Waals surface area contributed by atoms with Gasteiger partial charge in [-0.25, -0.2) is 19.2 Å². The molecule has 23 heteroatoms. The van der Waals surface area contributed by atoms with Gasteiger partial charge in [0.25, 0.3) is 0 Å². The lowest BCUT2D eigenvalue weighted by molar-refractivity contribution is -0.179. The highest BCUT2D eigenvalue weighted by Gasteiger charge is 2.49. The second-order valence-electron chi connectivity index (χ2n) is 30.9. The maximum atomic E-state index is 12.2. The molecule has 0 radical (unpaired) electrons. The Morgan fingerprint density at radius 1 is 0.398 bits per heavy atom. The van der Waals surface area contributed by atoms with Gasteiger partial charge in [-0.1, -0.05) is 101 Å². The summed E-state index contributed by atoms with van der Waals surface area (Å²) in [5, 5.41) is 0. The molecule has 2 saturated carbocycles. The molecule has 7 fully saturated rings. The Labute approximate surface area is 586 Å². The quantitative estimate of drug-likeness (QED) is 0.0545. The average Bonchev–Trinajstić information content (AvgIpc) is 1.54. The van der Waals surface area contributed by atoms with E-state index in [0.717, 1.165) is 38.7 Å². The molecule has 2 aliphatic carbocycles. The summed E-state index contributed by atoms with van der Waals surface area (Å²) in [6, 6.07) is 0. The summed E-state index contributed by atoms with van der Waals surface area (Å²) in [5.74, 6) is -2.47. The van der Waals surface area contributed by atoms with Gasteiger partial charge in [0, 0.05) is 43.9 Å². The number of carbonyl (C=O) groups excluding carboxylic acids is 9. The lowest BCUT2D eigenvalue weighted by Gasteiger charge is -2.38. The van der Waals surface area contributed by atoms with Crippen molar-refractivity contribution in [3.8, 4) is 0 Å². The lowest BCUT2D eigenvalue weighted by Crippen LogP contribution is -2.45. The zero-order chi connectivity index (χ0) is 73.7. The van der Waals surface area contributed by atoms with Gasteiger partial charge in [-0.2, -0.15) is 0 Å². The number of rotatable bonds is 27. The summed E-state index contributed by atoms with van der Waals surface area (Å²) in [5.41, 5.74) is -4.80. The van der Waals surface area contributed by atoms with Crippen molar-refractivity contribution in [2.24, 2.45) is 45.3 Å². The fourth-order valence-electron chi connectivity index (χ4n) is 11.7. The number of esters is 9. The van der Waals surface area contributed by atoms with Gasteiger partial charge >= 0.3 is 53.7 Å². The monoisotopic (exact) mass is 1400 g/mol. The molecule has 98 heavy (non-hydrogen) atoms. The van der Waals surface area contributed by atoms with E-state index in [1.165, 1.54) is 51.4 Å². The number of ether oxygens (including phenoxy) is 14. The molecule has 0 amide bonds. The van der Waals surface area contributed by atoms with Crippen LogP contribution in [-0.2, 0) is 109 Å². The van der Waals surface area contributed by atoms with Gasteiger partial charge in [0.05, 0.1) is 93.6 Å². The summed E-state index contributed by atoms with van der Waals surface area (Å²) in [6.07, 6.45) is 19.9. The van der Waals surface area contributed by atoms with Crippen LogP contribution in [0.5, 0.6) is 0 Å². The van der Waals surface area contributed by atoms with Crippen LogP contribution in [0, 0.1) is 45.3 Å². The van der Waals surface area contributed by atoms with Crippen LogP contribution in [0.3, 0.4) is 0 Å². The highest BCUT2D eigenvalue weighted by molar-refractivity contribution is 5.82.